The maximum Gasteiger partial charge on any atom is 0.236 e. The van der Waals surface area contributed by atoms with E-state index in [1.165, 1.54) is 0 Å². The summed E-state index contributed by atoms with van der Waals surface area (Å²) in [7, 11) is 1.64. The Morgan fingerprint density at radius 2 is 2.10 bits per heavy atom. The van der Waals surface area contributed by atoms with Crippen molar-refractivity contribution in [2.45, 2.75) is 39.3 Å². The minimum atomic E-state index is -0.225. The number of hydrogen-bond donors (Lipinski definition) is 2. The number of ether oxygens (including phenoxy) is 1. The highest BCUT2D eigenvalue weighted by molar-refractivity contribution is 9.10. The molecule has 0 saturated carbocycles. The predicted molar refractivity (Wildman–Crippen MR) is 85.0 cm³/mol. The standard InChI is InChI=1S/C15H23BrN2O2/c1-5-8-17-15(19)11(3)18-10(2)12-6-7-14(20-4)13(16)9-12/h6-7,9-11,18H,5,8H2,1-4H3,(H,17,19). The minimum absolute atomic E-state index is 0.0336. The van der Waals surface area contributed by atoms with E-state index < -0.39 is 0 Å². The van der Waals surface area contributed by atoms with Gasteiger partial charge in [-0.05, 0) is 53.9 Å². The number of hydrogen-bond acceptors (Lipinski definition) is 3. The van der Waals surface area contributed by atoms with E-state index in [-0.39, 0.29) is 18.0 Å². The zero-order valence-electron chi connectivity index (χ0n) is 12.5. The summed E-state index contributed by atoms with van der Waals surface area (Å²) >= 11 is 3.47. The maximum atomic E-state index is 11.8. The highest BCUT2D eigenvalue weighted by atomic mass is 79.9. The monoisotopic (exact) mass is 342 g/mol. The van der Waals surface area contributed by atoms with Gasteiger partial charge in [-0.15, -0.1) is 0 Å². The van der Waals surface area contributed by atoms with Gasteiger partial charge in [0.25, 0.3) is 0 Å². The Morgan fingerprint density at radius 3 is 2.65 bits per heavy atom. The first kappa shape index (κ1) is 17.0. The molecule has 1 aromatic carbocycles. The van der Waals surface area contributed by atoms with E-state index in [0.29, 0.717) is 6.54 Å². The normalized spacial score (nSPS) is 13.7. The lowest BCUT2D eigenvalue weighted by molar-refractivity contribution is -0.122. The zero-order valence-corrected chi connectivity index (χ0v) is 14.1. The van der Waals surface area contributed by atoms with Crippen molar-refractivity contribution in [1.82, 2.24) is 10.6 Å². The lowest BCUT2D eigenvalue weighted by Crippen LogP contribution is -2.43. The van der Waals surface area contributed by atoms with Crippen molar-refractivity contribution in [2.24, 2.45) is 0 Å². The predicted octanol–water partition coefficient (Wildman–Crippen LogP) is 3.02. The fraction of sp³-hybridized carbons (Fsp3) is 0.533. The second-order valence-corrected chi connectivity index (χ2v) is 5.65. The Labute approximate surface area is 129 Å². The summed E-state index contributed by atoms with van der Waals surface area (Å²) in [6.45, 7) is 6.67. The summed E-state index contributed by atoms with van der Waals surface area (Å²) in [5.41, 5.74) is 1.10. The van der Waals surface area contributed by atoms with E-state index in [4.69, 9.17) is 4.74 Å². The van der Waals surface area contributed by atoms with Gasteiger partial charge in [-0.3, -0.25) is 10.1 Å². The van der Waals surface area contributed by atoms with Crippen molar-refractivity contribution in [1.29, 1.82) is 0 Å². The van der Waals surface area contributed by atoms with Crippen LogP contribution in [0.25, 0.3) is 0 Å². The number of carbonyl (C=O) groups is 1. The maximum absolute atomic E-state index is 11.8. The van der Waals surface area contributed by atoms with E-state index in [1.54, 1.807) is 7.11 Å². The van der Waals surface area contributed by atoms with Gasteiger partial charge in [-0.25, -0.2) is 0 Å². The molecule has 0 aromatic heterocycles. The first-order chi connectivity index (χ1) is 9.49. The van der Waals surface area contributed by atoms with Crippen molar-refractivity contribution in [3.8, 4) is 5.75 Å². The van der Waals surface area contributed by atoms with Gasteiger partial charge < -0.3 is 10.1 Å². The van der Waals surface area contributed by atoms with Crippen molar-refractivity contribution in [3.63, 3.8) is 0 Å². The Bertz CT molecular complexity index is 451. The molecule has 0 fully saturated rings. The van der Waals surface area contributed by atoms with E-state index >= 15 is 0 Å². The van der Waals surface area contributed by atoms with Gasteiger partial charge in [-0.1, -0.05) is 13.0 Å². The number of halogens is 1. The molecule has 4 nitrogen and oxygen atoms in total. The number of rotatable bonds is 7. The van der Waals surface area contributed by atoms with Gasteiger partial charge in [0.1, 0.15) is 5.75 Å². The van der Waals surface area contributed by atoms with Crippen LogP contribution < -0.4 is 15.4 Å². The number of carbonyl (C=O) groups excluding carboxylic acids is 1. The molecule has 2 N–H and O–H groups in total. The Kier molecular flexibility index (Phi) is 7.02. The molecular formula is C15H23BrN2O2. The lowest BCUT2D eigenvalue weighted by Gasteiger charge is -2.20. The molecule has 0 saturated heterocycles. The smallest absolute Gasteiger partial charge is 0.236 e. The SMILES string of the molecule is CCCNC(=O)C(C)NC(C)c1ccc(OC)c(Br)c1. The van der Waals surface area contributed by atoms with Gasteiger partial charge in [-0.2, -0.15) is 0 Å². The Morgan fingerprint density at radius 1 is 1.40 bits per heavy atom. The summed E-state index contributed by atoms with van der Waals surface area (Å²) in [5, 5.41) is 6.18. The van der Waals surface area contributed by atoms with Gasteiger partial charge in [0.05, 0.1) is 17.6 Å². The summed E-state index contributed by atoms with van der Waals surface area (Å²) in [6, 6.07) is 5.78. The van der Waals surface area contributed by atoms with Gasteiger partial charge >= 0.3 is 0 Å². The third-order valence-electron chi connectivity index (χ3n) is 3.12. The van der Waals surface area contributed by atoms with E-state index in [1.807, 2.05) is 39.0 Å². The molecule has 0 bridgehead atoms. The molecule has 2 atom stereocenters. The van der Waals surface area contributed by atoms with Crippen molar-refractivity contribution >= 4 is 21.8 Å². The van der Waals surface area contributed by atoms with Gasteiger partial charge in [0, 0.05) is 12.6 Å². The third-order valence-corrected chi connectivity index (χ3v) is 3.74. The van der Waals surface area contributed by atoms with E-state index in [0.717, 1.165) is 22.2 Å². The number of amides is 1. The second kappa shape index (κ2) is 8.27. The van der Waals surface area contributed by atoms with Crippen molar-refractivity contribution < 1.29 is 9.53 Å². The summed E-state index contributed by atoms with van der Waals surface area (Å²) in [6.07, 6.45) is 0.944. The van der Waals surface area contributed by atoms with Crippen LogP contribution in [0.15, 0.2) is 22.7 Å². The highest BCUT2D eigenvalue weighted by Gasteiger charge is 2.16. The second-order valence-electron chi connectivity index (χ2n) is 4.80. The molecular weight excluding hydrogens is 320 g/mol. The van der Waals surface area contributed by atoms with Crippen LogP contribution in [0, 0.1) is 0 Å². The number of benzene rings is 1. The fourth-order valence-corrected chi connectivity index (χ4v) is 2.46. The van der Waals surface area contributed by atoms with Gasteiger partial charge in [0.15, 0.2) is 0 Å². The molecule has 1 aromatic rings. The fourth-order valence-electron chi connectivity index (χ4n) is 1.90. The summed E-state index contributed by atoms with van der Waals surface area (Å²) < 4.78 is 6.12. The molecule has 0 aliphatic carbocycles. The van der Waals surface area contributed by atoms with Crippen LogP contribution in [-0.2, 0) is 4.79 Å². The lowest BCUT2D eigenvalue weighted by atomic mass is 10.1. The average molecular weight is 343 g/mol. The molecule has 0 aliphatic rings. The van der Waals surface area contributed by atoms with E-state index in [9.17, 15) is 4.79 Å². The molecule has 112 valence electrons. The average Bonchev–Trinajstić information content (AvgIpc) is 2.44. The van der Waals surface area contributed by atoms with Crippen LogP contribution in [0.3, 0.4) is 0 Å². The first-order valence-electron chi connectivity index (χ1n) is 6.86. The summed E-state index contributed by atoms with van der Waals surface area (Å²) in [5.74, 6) is 0.834. The topological polar surface area (TPSA) is 50.4 Å². The molecule has 0 spiro atoms. The number of methoxy groups -OCH3 is 1. The van der Waals surface area contributed by atoms with Gasteiger partial charge in [0.2, 0.25) is 5.91 Å². The molecule has 20 heavy (non-hydrogen) atoms. The van der Waals surface area contributed by atoms with Crippen LogP contribution in [0.4, 0.5) is 0 Å². The zero-order chi connectivity index (χ0) is 15.1. The molecule has 0 heterocycles. The largest absolute Gasteiger partial charge is 0.496 e. The summed E-state index contributed by atoms with van der Waals surface area (Å²) in [4.78, 5) is 11.8. The Hall–Kier alpha value is -1.07. The van der Waals surface area contributed by atoms with E-state index in [2.05, 4.69) is 26.6 Å². The van der Waals surface area contributed by atoms with Crippen LogP contribution in [-0.4, -0.2) is 25.6 Å². The third kappa shape index (κ3) is 4.80. The minimum Gasteiger partial charge on any atom is -0.496 e. The first-order valence-corrected chi connectivity index (χ1v) is 7.66. The Balaban J connectivity index is 2.64. The van der Waals surface area contributed by atoms with Crippen LogP contribution in [0.1, 0.15) is 38.8 Å². The number of nitrogens with one attached hydrogen (secondary N) is 2. The van der Waals surface area contributed by atoms with Crippen LogP contribution in [0.5, 0.6) is 5.75 Å². The van der Waals surface area contributed by atoms with Crippen molar-refractivity contribution in [2.75, 3.05) is 13.7 Å². The molecule has 0 aliphatic heterocycles. The van der Waals surface area contributed by atoms with Crippen molar-refractivity contribution in [3.05, 3.63) is 28.2 Å². The molecule has 1 rings (SSSR count). The quantitative estimate of drug-likeness (QED) is 0.800. The molecule has 0 radical (unpaired) electrons. The van der Waals surface area contributed by atoms with Crippen LogP contribution >= 0.6 is 15.9 Å². The molecule has 5 heteroatoms. The van der Waals surface area contributed by atoms with Crippen LogP contribution in [0.2, 0.25) is 0 Å². The highest BCUT2D eigenvalue weighted by Crippen LogP contribution is 2.28. The molecule has 2 unspecified atom stereocenters. The molecule has 1 amide bonds.